The largest absolute Gasteiger partial charge is 0.469 e. The van der Waals surface area contributed by atoms with Crippen LogP contribution < -0.4 is 0 Å². The Morgan fingerprint density at radius 3 is 1.31 bits per heavy atom. The summed E-state index contributed by atoms with van der Waals surface area (Å²) < 4.78 is 9.46. The molecule has 4 nitrogen and oxygen atoms in total. The second-order valence-corrected chi connectivity index (χ2v) is 9.50. The highest BCUT2D eigenvalue weighted by Crippen LogP contribution is 2.23. The lowest BCUT2D eigenvalue weighted by Gasteiger charge is -2.19. The van der Waals surface area contributed by atoms with Crippen molar-refractivity contribution in [2.45, 2.75) is 143 Å². The Morgan fingerprint density at radius 2 is 0.969 bits per heavy atom. The molecule has 0 aromatic carbocycles. The summed E-state index contributed by atoms with van der Waals surface area (Å²) in [5.41, 5.74) is 0. The normalized spacial score (nSPS) is 11.6. The molecule has 192 valence electrons. The van der Waals surface area contributed by atoms with Crippen LogP contribution in [0.15, 0.2) is 0 Å². The standard InChI is InChI=1S/C24H46O4.C4H10/c1-21(2)22(20-24(26)28-4)18-16-14-12-10-8-6-5-7-9-11-13-15-17-19-23(25)27-3;1-3-4-2/h21-22H,5-20H2,1-4H3;3-4H2,1-2H3. The second-order valence-electron chi connectivity index (χ2n) is 9.50. The molecule has 0 heterocycles. The maximum Gasteiger partial charge on any atom is 0.305 e. The zero-order chi connectivity index (χ0) is 24.5. The number of hydrogen-bond acceptors (Lipinski definition) is 4. The smallest absolute Gasteiger partial charge is 0.305 e. The molecule has 0 spiro atoms. The van der Waals surface area contributed by atoms with Crippen LogP contribution in [-0.4, -0.2) is 26.2 Å². The summed E-state index contributed by atoms with van der Waals surface area (Å²) in [6.45, 7) is 8.77. The van der Waals surface area contributed by atoms with Crippen LogP contribution in [0.3, 0.4) is 0 Å². The molecular weight excluding hydrogens is 400 g/mol. The van der Waals surface area contributed by atoms with E-state index in [9.17, 15) is 9.59 Å². The maximum atomic E-state index is 11.5. The summed E-state index contributed by atoms with van der Waals surface area (Å²) >= 11 is 0. The first-order chi connectivity index (χ1) is 15.4. The van der Waals surface area contributed by atoms with Crippen LogP contribution in [0.1, 0.15) is 143 Å². The van der Waals surface area contributed by atoms with Crippen LogP contribution in [0.4, 0.5) is 0 Å². The first-order valence-electron chi connectivity index (χ1n) is 13.6. The fourth-order valence-corrected chi connectivity index (χ4v) is 3.69. The average Bonchev–Trinajstić information content (AvgIpc) is 2.80. The molecule has 0 N–H and O–H groups in total. The summed E-state index contributed by atoms with van der Waals surface area (Å²) in [7, 11) is 2.94. The van der Waals surface area contributed by atoms with Crippen molar-refractivity contribution < 1.29 is 19.1 Å². The van der Waals surface area contributed by atoms with Gasteiger partial charge >= 0.3 is 11.9 Å². The molecule has 0 aliphatic rings. The third-order valence-electron chi connectivity index (χ3n) is 6.28. The Bertz CT molecular complexity index is 404. The molecule has 32 heavy (non-hydrogen) atoms. The van der Waals surface area contributed by atoms with Gasteiger partial charge in [0, 0.05) is 12.8 Å². The molecule has 0 rings (SSSR count). The Balaban J connectivity index is 0. The molecule has 4 heteroatoms. The van der Waals surface area contributed by atoms with E-state index in [-0.39, 0.29) is 11.9 Å². The van der Waals surface area contributed by atoms with Crippen LogP contribution in [-0.2, 0) is 19.1 Å². The number of hydrogen-bond donors (Lipinski definition) is 0. The van der Waals surface area contributed by atoms with E-state index in [0.717, 1.165) is 19.3 Å². The Labute approximate surface area is 200 Å². The van der Waals surface area contributed by atoms with Crippen LogP contribution in [0.25, 0.3) is 0 Å². The van der Waals surface area contributed by atoms with Gasteiger partial charge in [-0.2, -0.15) is 0 Å². The average molecular weight is 457 g/mol. The molecule has 0 amide bonds. The fourth-order valence-electron chi connectivity index (χ4n) is 3.69. The Hall–Kier alpha value is -1.06. The van der Waals surface area contributed by atoms with Gasteiger partial charge in [-0.25, -0.2) is 0 Å². The van der Waals surface area contributed by atoms with Gasteiger partial charge in [0.1, 0.15) is 0 Å². The predicted molar refractivity (Wildman–Crippen MR) is 137 cm³/mol. The van der Waals surface area contributed by atoms with Crippen molar-refractivity contribution >= 4 is 11.9 Å². The highest BCUT2D eigenvalue weighted by atomic mass is 16.5. The predicted octanol–water partition coefficient (Wildman–Crippen LogP) is 8.65. The molecular formula is C28H56O4. The number of rotatable bonds is 20. The number of carbonyl (C=O) groups is 2. The van der Waals surface area contributed by atoms with Crippen LogP contribution in [0.5, 0.6) is 0 Å². The maximum absolute atomic E-state index is 11.5. The number of ether oxygens (including phenoxy) is 2. The summed E-state index contributed by atoms with van der Waals surface area (Å²) in [6.07, 6.45) is 21.5. The van der Waals surface area contributed by atoms with Gasteiger partial charge in [-0.15, -0.1) is 0 Å². The lowest BCUT2D eigenvalue weighted by Crippen LogP contribution is -2.15. The van der Waals surface area contributed by atoms with E-state index < -0.39 is 0 Å². The van der Waals surface area contributed by atoms with Gasteiger partial charge in [0.2, 0.25) is 0 Å². The molecule has 0 aromatic heterocycles. The zero-order valence-electron chi connectivity index (χ0n) is 22.5. The minimum absolute atomic E-state index is 0.0695. The van der Waals surface area contributed by atoms with E-state index in [2.05, 4.69) is 32.4 Å². The molecule has 0 saturated heterocycles. The fraction of sp³-hybridized carbons (Fsp3) is 0.929. The van der Waals surface area contributed by atoms with Crippen molar-refractivity contribution in [1.82, 2.24) is 0 Å². The van der Waals surface area contributed by atoms with E-state index in [0.29, 0.717) is 24.7 Å². The quantitative estimate of drug-likeness (QED) is 0.136. The zero-order valence-corrected chi connectivity index (χ0v) is 22.5. The first kappa shape index (κ1) is 33.1. The summed E-state index contributed by atoms with van der Waals surface area (Å²) in [5, 5.41) is 0. The van der Waals surface area contributed by atoms with Crippen LogP contribution in [0, 0.1) is 11.8 Å². The van der Waals surface area contributed by atoms with Gasteiger partial charge in [0.05, 0.1) is 14.2 Å². The molecule has 0 fully saturated rings. The monoisotopic (exact) mass is 456 g/mol. The van der Waals surface area contributed by atoms with Gasteiger partial charge in [-0.1, -0.05) is 118 Å². The molecule has 0 aliphatic carbocycles. The number of methoxy groups -OCH3 is 2. The van der Waals surface area contributed by atoms with Crippen molar-refractivity contribution in [2.24, 2.45) is 11.8 Å². The summed E-state index contributed by atoms with van der Waals surface area (Å²) in [6, 6.07) is 0. The van der Waals surface area contributed by atoms with Gasteiger partial charge in [-0.05, 0) is 24.7 Å². The van der Waals surface area contributed by atoms with Crippen molar-refractivity contribution in [3.63, 3.8) is 0 Å². The third kappa shape index (κ3) is 25.2. The molecule has 1 atom stereocenters. The molecule has 1 unspecified atom stereocenters. The van der Waals surface area contributed by atoms with Crippen molar-refractivity contribution in [1.29, 1.82) is 0 Å². The van der Waals surface area contributed by atoms with Crippen LogP contribution in [0.2, 0.25) is 0 Å². The number of unbranched alkanes of at least 4 members (excludes halogenated alkanes) is 13. The van der Waals surface area contributed by atoms with E-state index in [1.54, 1.807) is 0 Å². The van der Waals surface area contributed by atoms with E-state index in [1.807, 2.05) is 0 Å². The molecule has 0 aliphatic heterocycles. The molecule has 0 aromatic rings. The van der Waals surface area contributed by atoms with Crippen molar-refractivity contribution in [3.05, 3.63) is 0 Å². The van der Waals surface area contributed by atoms with Crippen molar-refractivity contribution in [3.8, 4) is 0 Å². The molecule has 0 bridgehead atoms. The minimum atomic E-state index is -0.0825. The van der Waals surface area contributed by atoms with E-state index in [1.165, 1.54) is 97.7 Å². The van der Waals surface area contributed by atoms with E-state index in [4.69, 9.17) is 4.74 Å². The van der Waals surface area contributed by atoms with Gasteiger partial charge in [0.15, 0.2) is 0 Å². The van der Waals surface area contributed by atoms with Crippen molar-refractivity contribution in [2.75, 3.05) is 14.2 Å². The third-order valence-corrected chi connectivity index (χ3v) is 6.28. The number of esters is 2. The van der Waals surface area contributed by atoms with Crippen LogP contribution >= 0.6 is 0 Å². The highest BCUT2D eigenvalue weighted by molar-refractivity contribution is 5.69. The Morgan fingerprint density at radius 1 is 0.594 bits per heavy atom. The van der Waals surface area contributed by atoms with E-state index >= 15 is 0 Å². The second kappa shape index (κ2) is 26.2. The Kier molecular flexibility index (Phi) is 27.1. The SMILES string of the molecule is CCCC.COC(=O)CCCCCCCCCCCCCCCC(CC(=O)OC)C(C)C. The van der Waals surface area contributed by atoms with Gasteiger partial charge in [0.25, 0.3) is 0 Å². The minimum Gasteiger partial charge on any atom is -0.469 e. The first-order valence-corrected chi connectivity index (χ1v) is 13.6. The molecule has 0 radical (unpaired) electrons. The molecule has 0 saturated carbocycles. The van der Waals surface area contributed by atoms with Gasteiger partial charge in [-0.3, -0.25) is 9.59 Å². The lowest BCUT2D eigenvalue weighted by molar-refractivity contribution is -0.142. The lowest BCUT2D eigenvalue weighted by atomic mass is 9.87. The summed E-state index contributed by atoms with van der Waals surface area (Å²) in [4.78, 5) is 22.5. The summed E-state index contributed by atoms with van der Waals surface area (Å²) in [5.74, 6) is 0.862. The number of carbonyl (C=O) groups excluding carboxylic acids is 2. The highest BCUT2D eigenvalue weighted by Gasteiger charge is 2.17. The van der Waals surface area contributed by atoms with Gasteiger partial charge < -0.3 is 9.47 Å². The topological polar surface area (TPSA) is 52.6 Å².